The fraction of sp³-hybridized carbons (Fsp3) is 0.350. The van der Waals surface area contributed by atoms with Crippen molar-refractivity contribution in [2.75, 3.05) is 18.4 Å². The maximum absolute atomic E-state index is 13.2. The summed E-state index contributed by atoms with van der Waals surface area (Å²) in [7, 11) is 0. The molecule has 0 aliphatic carbocycles. The summed E-state index contributed by atoms with van der Waals surface area (Å²) in [6, 6.07) is 8.30. The van der Waals surface area contributed by atoms with E-state index in [1.807, 2.05) is 19.2 Å². The van der Waals surface area contributed by atoms with Crippen LogP contribution in [0.25, 0.3) is 0 Å². The number of anilines is 1. The highest BCUT2D eigenvalue weighted by molar-refractivity contribution is 7.15. The van der Waals surface area contributed by atoms with Crippen LogP contribution in [0.2, 0.25) is 0 Å². The van der Waals surface area contributed by atoms with Crippen LogP contribution in [0.1, 0.15) is 29.0 Å². The molecule has 9 heteroatoms. The Morgan fingerprint density at radius 1 is 1.31 bits per heavy atom. The van der Waals surface area contributed by atoms with Crippen LogP contribution in [0.5, 0.6) is 0 Å². The van der Waals surface area contributed by atoms with Gasteiger partial charge in [-0.3, -0.25) is 14.8 Å². The molecule has 3 aromatic rings. The minimum atomic E-state index is -0.703. The largest absolute Gasteiger partial charge is 0.317 e. The van der Waals surface area contributed by atoms with E-state index < -0.39 is 5.54 Å². The molecular weight excluding hydrogens is 413 g/mol. The number of nitrogens with one attached hydrogen (secondary N) is 2. The highest BCUT2D eigenvalue weighted by Crippen LogP contribution is 2.31. The predicted molar refractivity (Wildman–Crippen MR) is 114 cm³/mol. The molecule has 0 atom stereocenters. The Hall–Kier alpha value is -2.29. The topological polar surface area (TPSA) is 71.8 Å². The van der Waals surface area contributed by atoms with Crippen molar-refractivity contribution in [1.29, 1.82) is 0 Å². The first-order valence-electron chi connectivity index (χ1n) is 9.30. The second kappa shape index (κ2) is 9.02. The molecule has 1 aliphatic rings. The Morgan fingerprint density at radius 2 is 2.03 bits per heavy atom. The van der Waals surface area contributed by atoms with E-state index in [1.54, 1.807) is 23.0 Å². The summed E-state index contributed by atoms with van der Waals surface area (Å²) < 4.78 is 14.9. The molecule has 0 bridgehead atoms. The number of hydrogen-bond acceptors (Lipinski definition) is 5. The third-order valence-corrected chi connectivity index (χ3v) is 6.26. The fourth-order valence-corrected chi connectivity index (χ4v) is 4.56. The highest BCUT2D eigenvalue weighted by Gasteiger charge is 2.42. The number of benzene rings is 1. The normalized spacial score (nSPS) is 15.5. The number of carbonyl (C=O) groups excluding carboxylic acids is 1. The van der Waals surface area contributed by atoms with Crippen molar-refractivity contribution in [3.8, 4) is 0 Å². The molecule has 1 aliphatic heterocycles. The van der Waals surface area contributed by atoms with Crippen LogP contribution in [0.15, 0.2) is 42.7 Å². The van der Waals surface area contributed by atoms with E-state index >= 15 is 0 Å². The van der Waals surface area contributed by atoms with Gasteiger partial charge in [-0.2, -0.15) is 5.10 Å². The van der Waals surface area contributed by atoms with Crippen molar-refractivity contribution in [3.05, 3.63) is 64.7 Å². The lowest BCUT2D eigenvalue weighted by Crippen LogP contribution is -2.52. The molecule has 2 N–H and O–H groups in total. The summed E-state index contributed by atoms with van der Waals surface area (Å²) in [6.07, 6.45) is 5.55. The second-order valence-electron chi connectivity index (χ2n) is 7.02. The summed E-state index contributed by atoms with van der Waals surface area (Å²) in [4.78, 5) is 18.8. The smallest absolute Gasteiger partial charge is 0.254 e. The fourth-order valence-electron chi connectivity index (χ4n) is 3.57. The average Bonchev–Trinajstić information content (AvgIpc) is 3.35. The Kier molecular flexibility index (Phi) is 6.66. The van der Waals surface area contributed by atoms with Crippen molar-refractivity contribution in [3.63, 3.8) is 0 Å². The molecule has 2 aromatic heterocycles. The number of aryl methyl sites for hydroxylation is 1. The number of carbonyl (C=O) groups is 1. The molecule has 3 heterocycles. The van der Waals surface area contributed by atoms with Gasteiger partial charge in [-0.25, -0.2) is 9.37 Å². The number of nitrogens with zero attached hydrogens (tertiary/aromatic N) is 3. The Balaban J connectivity index is 0.00000240. The van der Waals surface area contributed by atoms with Gasteiger partial charge in [0.05, 0.1) is 5.69 Å². The van der Waals surface area contributed by atoms with Gasteiger partial charge < -0.3 is 5.32 Å². The van der Waals surface area contributed by atoms with Crippen LogP contribution >= 0.6 is 23.7 Å². The van der Waals surface area contributed by atoms with E-state index in [0.717, 1.165) is 29.2 Å². The van der Waals surface area contributed by atoms with Gasteiger partial charge in [0.15, 0.2) is 5.13 Å². The van der Waals surface area contributed by atoms with Crippen molar-refractivity contribution in [2.24, 2.45) is 0 Å². The SMILES string of the molecule is Cc1nc(NC(=O)C2(n3cccn3)CCNCC2)sc1Cc1ccc(F)cc1.Cl. The van der Waals surface area contributed by atoms with Gasteiger partial charge in [0.1, 0.15) is 11.4 Å². The maximum atomic E-state index is 13.2. The number of thiazole rings is 1. The second-order valence-corrected chi connectivity index (χ2v) is 8.10. The first kappa shape index (κ1) is 21.4. The molecule has 0 saturated carbocycles. The average molecular weight is 436 g/mol. The van der Waals surface area contributed by atoms with Crippen molar-refractivity contribution in [2.45, 2.75) is 31.7 Å². The Morgan fingerprint density at radius 3 is 2.69 bits per heavy atom. The first-order valence-corrected chi connectivity index (χ1v) is 10.1. The van der Waals surface area contributed by atoms with Crippen LogP contribution in [-0.4, -0.2) is 33.8 Å². The molecule has 1 fully saturated rings. The van der Waals surface area contributed by atoms with Gasteiger partial charge >= 0.3 is 0 Å². The summed E-state index contributed by atoms with van der Waals surface area (Å²) in [5.74, 6) is -0.330. The van der Waals surface area contributed by atoms with E-state index in [-0.39, 0.29) is 24.1 Å². The molecular formula is C20H23ClFN5OS. The molecule has 6 nitrogen and oxygen atoms in total. The number of aromatic nitrogens is 3. The van der Waals surface area contributed by atoms with Gasteiger partial charge in [0.25, 0.3) is 5.91 Å². The maximum Gasteiger partial charge on any atom is 0.254 e. The summed E-state index contributed by atoms with van der Waals surface area (Å²) in [6.45, 7) is 3.46. The zero-order valence-electron chi connectivity index (χ0n) is 16.0. The van der Waals surface area contributed by atoms with Crippen molar-refractivity contribution >= 4 is 34.8 Å². The molecule has 0 radical (unpaired) electrons. The number of amides is 1. The van der Waals surface area contributed by atoms with Gasteiger partial charge in [-0.05, 0) is 56.6 Å². The quantitative estimate of drug-likeness (QED) is 0.643. The monoisotopic (exact) mass is 435 g/mol. The van der Waals surface area contributed by atoms with E-state index in [1.165, 1.54) is 23.5 Å². The molecule has 1 aromatic carbocycles. The number of hydrogen-bond donors (Lipinski definition) is 2. The van der Waals surface area contributed by atoms with Gasteiger partial charge in [0.2, 0.25) is 0 Å². The number of halogens is 2. The van der Waals surface area contributed by atoms with Gasteiger partial charge in [-0.1, -0.05) is 12.1 Å². The van der Waals surface area contributed by atoms with Crippen LogP contribution < -0.4 is 10.6 Å². The zero-order valence-corrected chi connectivity index (χ0v) is 17.7. The minimum Gasteiger partial charge on any atom is -0.317 e. The molecule has 0 unspecified atom stereocenters. The van der Waals surface area contributed by atoms with Crippen LogP contribution in [-0.2, 0) is 16.8 Å². The predicted octanol–water partition coefficient (Wildman–Crippen LogP) is 3.52. The highest BCUT2D eigenvalue weighted by atomic mass is 35.5. The third-order valence-electron chi connectivity index (χ3n) is 5.19. The van der Waals surface area contributed by atoms with Crippen molar-refractivity contribution < 1.29 is 9.18 Å². The molecule has 0 spiro atoms. The van der Waals surface area contributed by atoms with E-state index in [9.17, 15) is 9.18 Å². The summed E-state index contributed by atoms with van der Waals surface area (Å²) in [5.41, 5.74) is 1.19. The van der Waals surface area contributed by atoms with E-state index in [0.29, 0.717) is 24.4 Å². The lowest BCUT2D eigenvalue weighted by molar-refractivity contribution is -0.126. The van der Waals surface area contributed by atoms with Crippen molar-refractivity contribution in [1.82, 2.24) is 20.1 Å². The lowest BCUT2D eigenvalue weighted by Gasteiger charge is -2.36. The third kappa shape index (κ3) is 4.49. The van der Waals surface area contributed by atoms with Crippen LogP contribution in [0.4, 0.5) is 9.52 Å². The van der Waals surface area contributed by atoms with E-state index in [4.69, 9.17) is 0 Å². The molecule has 1 saturated heterocycles. The molecule has 29 heavy (non-hydrogen) atoms. The van der Waals surface area contributed by atoms with Crippen LogP contribution in [0.3, 0.4) is 0 Å². The minimum absolute atomic E-state index is 0. The zero-order chi connectivity index (χ0) is 19.6. The number of piperidine rings is 1. The van der Waals surface area contributed by atoms with Crippen LogP contribution in [0, 0.1) is 12.7 Å². The first-order chi connectivity index (χ1) is 13.6. The molecule has 4 rings (SSSR count). The molecule has 154 valence electrons. The Labute approximate surface area is 179 Å². The molecule has 1 amide bonds. The van der Waals surface area contributed by atoms with Gasteiger partial charge in [0, 0.05) is 23.7 Å². The van der Waals surface area contributed by atoms with E-state index in [2.05, 4.69) is 20.7 Å². The standard InChI is InChI=1S/C20H22FN5OS.ClH/c1-14-17(13-15-3-5-16(21)6-4-15)28-19(24-14)25-18(27)20(7-10-22-11-8-20)26-12-2-9-23-26;/h2-6,9,12,22H,7-8,10-11,13H2,1H3,(H,24,25,27);1H. The lowest BCUT2D eigenvalue weighted by atomic mass is 9.87. The summed E-state index contributed by atoms with van der Waals surface area (Å²) in [5, 5.41) is 11.2. The summed E-state index contributed by atoms with van der Waals surface area (Å²) >= 11 is 1.46. The van der Waals surface area contributed by atoms with Gasteiger partial charge in [-0.15, -0.1) is 23.7 Å². The Bertz CT molecular complexity index is 952. The number of rotatable bonds is 5.